The number of hydrogen-bond donors (Lipinski definition) is 3. The Bertz CT molecular complexity index is 1230. The number of nitrogens with one attached hydrogen (secondary N) is 3. The van der Waals surface area contributed by atoms with Crippen molar-refractivity contribution in [3.05, 3.63) is 90.0 Å². The Balaban J connectivity index is 1.38. The van der Waals surface area contributed by atoms with Crippen LogP contribution < -0.4 is 20.7 Å². The Morgan fingerprint density at radius 3 is 2.42 bits per heavy atom. The number of ether oxygens (including phenoxy) is 1. The van der Waals surface area contributed by atoms with Gasteiger partial charge in [0.1, 0.15) is 17.6 Å². The Morgan fingerprint density at radius 1 is 0.939 bits per heavy atom. The number of fused-ring (bicyclic) bond motifs is 1. The second kappa shape index (κ2) is 10.6. The zero-order chi connectivity index (χ0) is 23.0. The van der Waals surface area contributed by atoms with Crippen LogP contribution in [-0.4, -0.2) is 36.4 Å². The summed E-state index contributed by atoms with van der Waals surface area (Å²) in [5, 5.41) is 10.1. The molecular formula is C25H24N4O3S. The molecule has 0 aliphatic rings. The predicted octanol–water partition coefficient (Wildman–Crippen LogP) is 4.00. The molecule has 3 N–H and O–H groups in total. The SMILES string of the molecule is COc1ccc(C(=O)N[C@H](C(=O)NCCNc2nsc3ccccc23)c2ccccc2)cc1. The summed E-state index contributed by atoms with van der Waals surface area (Å²) >= 11 is 1.43. The van der Waals surface area contributed by atoms with Crippen LogP contribution in [0.4, 0.5) is 5.82 Å². The molecule has 0 fully saturated rings. The van der Waals surface area contributed by atoms with Crippen molar-refractivity contribution in [3.63, 3.8) is 0 Å². The van der Waals surface area contributed by atoms with Crippen LogP contribution >= 0.6 is 11.5 Å². The van der Waals surface area contributed by atoms with Gasteiger partial charge in [0.05, 0.1) is 11.8 Å². The maximum atomic E-state index is 13.0. The first kappa shape index (κ1) is 22.3. The minimum Gasteiger partial charge on any atom is -0.497 e. The lowest BCUT2D eigenvalue weighted by molar-refractivity contribution is -0.123. The van der Waals surface area contributed by atoms with Crippen molar-refractivity contribution >= 4 is 39.3 Å². The summed E-state index contributed by atoms with van der Waals surface area (Å²) in [5.74, 6) is 0.836. The number of hydrogen-bond acceptors (Lipinski definition) is 6. The molecule has 2 amide bonds. The topological polar surface area (TPSA) is 92.3 Å². The fraction of sp³-hybridized carbons (Fsp3) is 0.160. The zero-order valence-electron chi connectivity index (χ0n) is 18.1. The van der Waals surface area contributed by atoms with Gasteiger partial charge in [0, 0.05) is 24.0 Å². The Morgan fingerprint density at radius 2 is 1.67 bits per heavy atom. The molecule has 0 spiro atoms. The van der Waals surface area contributed by atoms with E-state index in [1.54, 1.807) is 31.4 Å². The lowest BCUT2D eigenvalue weighted by atomic mass is 10.1. The van der Waals surface area contributed by atoms with Gasteiger partial charge in [-0.25, -0.2) is 0 Å². The van der Waals surface area contributed by atoms with Crippen LogP contribution in [-0.2, 0) is 4.79 Å². The number of nitrogens with zero attached hydrogens (tertiary/aromatic N) is 1. The first-order valence-electron chi connectivity index (χ1n) is 10.5. The highest BCUT2D eigenvalue weighted by molar-refractivity contribution is 7.13. The molecule has 1 aromatic heterocycles. The van der Waals surface area contributed by atoms with Gasteiger partial charge in [-0.05, 0) is 53.5 Å². The van der Waals surface area contributed by atoms with E-state index in [1.165, 1.54) is 11.5 Å². The normalized spacial score (nSPS) is 11.5. The monoisotopic (exact) mass is 460 g/mol. The zero-order valence-corrected chi connectivity index (χ0v) is 18.9. The minimum atomic E-state index is -0.819. The quantitative estimate of drug-likeness (QED) is 0.328. The summed E-state index contributed by atoms with van der Waals surface area (Å²) in [6.45, 7) is 0.889. The van der Waals surface area contributed by atoms with Crippen LogP contribution in [0.1, 0.15) is 22.0 Å². The molecule has 0 saturated heterocycles. The third kappa shape index (κ3) is 5.48. The van der Waals surface area contributed by atoms with Gasteiger partial charge < -0.3 is 20.7 Å². The number of amides is 2. The van der Waals surface area contributed by atoms with E-state index < -0.39 is 6.04 Å². The van der Waals surface area contributed by atoms with Crippen LogP contribution in [0.15, 0.2) is 78.9 Å². The van der Waals surface area contributed by atoms with E-state index in [4.69, 9.17) is 4.74 Å². The van der Waals surface area contributed by atoms with Crippen molar-refractivity contribution in [3.8, 4) is 5.75 Å². The average molecular weight is 461 g/mol. The second-order valence-electron chi connectivity index (χ2n) is 7.29. The van der Waals surface area contributed by atoms with Crippen molar-refractivity contribution in [2.24, 2.45) is 0 Å². The molecule has 0 unspecified atom stereocenters. The van der Waals surface area contributed by atoms with E-state index >= 15 is 0 Å². The van der Waals surface area contributed by atoms with Crippen LogP contribution in [0, 0.1) is 0 Å². The summed E-state index contributed by atoms with van der Waals surface area (Å²) < 4.78 is 10.7. The van der Waals surface area contributed by atoms with Crippen molar-refractivity contribution in [2.75, 3.05) is 25.5 Å². The number of anilines is 1. The number of carbonyl (C=O) groups is 2. The number of rotatable bonds is 9. The number of methoxy groups -OCH3 is 1. The molecule has 1 atom stereocenters. The number of aromatic nitrogens is 1. The predicted molar refractivity (Wildman–Crippen MR) is 131 cm³/mol. The molecule has 0 aliphatic heterocycles. The van der Waals surface area contributed by atoms with Gasteiger partial charge in [0.15, 0.2) is 0 Å². The van der Waals surface area contributed by atoms with E-state index in [0.717, 1.165) is 15.9 Å². The maximum Gasteiger partial charge on any atom is 0.252 e. The van der Waals surface area contributed by atoms with Crippen LogP contribution in [0.5, 0.6) is 5.75 Å². The Kier molecular flexibility index (Phi) is 7.16. The van der Waals surface area contributed by atoms with Crippen LogP contribution in [0.3, 0.4) is 0 Å². The molecule has 33 heavy (non-hydrogen) atoms. The highest BCUT2D eigenvalue weighted by Crippen LogP contribution is 2.25. The van der Waals surface area contributed by atoms with Crippen molar-refractivity contribution in [1.29, 1.82) is 0 Å². The van der Waals surface area contributed by atoms with Crippen molar-refractivity contribution in [2.45, 2.75) is 6.04 Å². The highest BCUT2D eigenvalue weighted by Gasteiger charge is 2.23. The standard InChI is InChI=1S/C25H24N4O3S/c1-32-19-13-11-18(12-14-19)24(30)28-22(17-7-3-2-4-8-17)25(31)27-16-15-26-23-20-9-5-6-10-21(20)33-29-23/h2-14,22H,15-16H2,1H3,(H,26,29)(H,27,31)(H,28,30)/t22-/m0/s1. The summed E-state index contributed by atoms with van der Waals surface area (Å²) in [6, 6.07) is 23.1. The molecule has 4 rings (SSSR count). The van der Waals surface area contributed by atoms with Crippen molar-refractivity contribution < 1.29 is 14.3 Å². The first-order valence-corrected chi connectivity index (χ1v) is 11.3. The number of benzene rings is 3. The first-order chi connectivity index (χ1) is 16.2. The minimum absolute atomic E-state index is 0.284. The molecule has 4 aromatic rings. The van der Waals surface area contributed by atoms with Gasteiger partial charge in [0.25, 0.3) is 5.91 Å². The van der Waals surface area contributed by atoms with E-state index in [1.807, 2.05) is 54.6 Å². The highest BCUT2D eigenvalue weighted by atomic mass is 32.1. The molecular weight excluding hydrogens is 436 g/mol. The fourth-order valence-corrected chi connectivity index (χ4v) is 4.14. The smallest absolute Gasteiger partial charge is 0.252 e. The number of carbonyl (C=O) groups excluding carboxylic acids is 2. The molecule has 7 nitrogen and oxygen atoms in total. The van der Waals surface area contributed by atoms with Crippen LogP contribution in [0.25, 0.3) is 10.1 Å². The van der Waals surface area contributed by atoms with E-state index in [-0.39, 0.29) is 11.8 Å². The van der Waals surface area contributed by atoms with Crippen molar-refractivity contribution in [1.82, 2.24) is 15.0 Å². The third-order valence-electron chi connectivity index (χ3n) is 5.12. The van der Waals surface area contributed by atoms with Gasteiger partial charge >= 0.3 is 0 Å². The Labute approximate surface area is 196 Å². The lowest BCUT2D eigenvalue weighted by Gasteiger charge is -2.19. The molecule has 0 saturated carbocycles. The van der Waals surface area contributed by atoms with Gasteiger partial charge in [-0.2, -0.15) is 4.37 Å². The lowest BCUT2D eigenvalue weighted by Crippen LogP contribution is -2.41. The molecule has 168 valence electrons. The van der Waals surface area contributed by atoms with Gasteiger partial charge in [-0.15, -0.1) is 0 Å². The maximum absolute atomic E-state index is 13.0. The molecule has 3 aromatic carbocycles. The largest absolute Gasteiger partial charge is 0.497 e. The fourth-order valence-electron chi connectivity index (χ4n) is 3.38. The molecule has 0 radical (unpaired) electrons. The molecule has 8 heteroatoms. The average Bonchev–Trinajstić information content (AvgIpc) is 3.28. The second-order valence-corrected chi connectivity index (χ2v) is 8.10. The third-order valence-corrected chi connectivity index (χ3v) is 5.94. The van der Waals surface area contributed by atoms with E-state index in [2.05, 4.69) is 20.3 Å². The molecule has 1 heterocycles. The van der Waals surface area contributed by atoms with E-state index in [0.29, 0.717) is 30.0 Å². The van der Waals surface area contributed by atoms with Gasteiger partial charge in [-0.1, -0.05) is 42.5 Å². The summed E-state index contributed by atoms with van der Waals surface area (Å²) in [7, 11) is 1.57. The summed E-state index contributed by atoms with van der Waals surface area (Å²) in [5.41, 5.74) is 1.15. The van der Waals surface area contributed by atoms with Crippen LogP contribution in [0.2, 0.25) is 0 Å². The summed E-state index contributed by atoms with van der Waals surface area (Å²) in [6.07, 6.45) is 0. The Hall–Kier alpha value is -3.91. The molecule has 0 aliphatic carbocycles. The van der Waals surface area contributed by atoms with E-state index in [9.17, 15) is 9.59 Å². The molecule has 0 bridgehead atoms. The summed E-state index contributed by atoms with van der Waals surface area (Å²) in [4.78, 5) is 25.8. The van der Waals surface area contributed by atoms with Gasteiger partial charge in [0.2, 0.25) is 5.91 Å². The van der Waals surface area contributed by atoms with Gasteiger partial charge in [-0.3, -0.25) is 9.59 Å².